The lowest BCUT2D eigenvalue weighted by Crippen LogP contribution is -1.90. The predicted octanol–water partition coefficient (Wildman–Crippen LogP) is 3.07. The van der Waals surface area contributed by atoms with Gasteiger partial charge in [-0.2, -0.15) is 11.3 Å². The minimum Gasteiger partial charge on any atom is -0.293 e. The van der Waals surface area contributed by atoms with Crippen molar-refractivity contribution < 1.29 is 4.79 Å². The summed E-state index contributed by atoms with van der Waals surface area (Å²) >= 11 is 3.14. The largest absolute Gasteiger partial charge is 0.293 e. The van der Waals surface area contributed by atoms with Gasteiger partial charge in [0.15, 0.2) is 5.78 Å². The van der Waals surface area contributed by atoms with Gasteiger partial charge in [0, 0.05) is 23.2 Å². The maximum Gasteiger partial charge on any atom is 0.178 e. The van der Waals surface area contributed by atoms with E-state index in [2.05, 4.69) is 4.98 Å². The van der Waals surface area contributed by atoms with Crippen LogP contribution in [0.25, 0.3) is 10.6 Å². The molecule has 0 bridgehead atoms. The zero-order valence-corrected chi connectivity index (χ0v) is 8.61. The lowest BCUT2D eigenvalue weighted by molar-refractivity contribution is 0.101. The molecular formula is C9H7NOS2. The van der Waals surface area contributed by atoms with Crippen LogP contribution in [0.1, 0.15) is 17.4 Å². The number of thiophene rings is 1. The van der Waals surface area contributed by atoms with E-state index in [-0.39, 0.29) is 5.78 Å². The molecule has 66 valence electrons. The van der Waals surface area contributed by atoms with Crippen molar-refractivity contribution in [3.8, 4) is 10.6 Å². The lowest BCUT2D eigenvalue weighted by atomic mass is 10.3. The number of hydrogen-bond acceptors (Lipinski definition) is 4. The van der Waals surface area contributed by atoms with Gasteiger partial charge >= 0.3 is 0 Å². The van der Waals surface area contributed by atoms with Crippen molar-refractivity contribution in [3.05, 3.63) is 27.9 Å². The highest BCUT2D eigenvalue weighted by atomic mass is 32.1. The highest BCUT2D eigenvalue weighted by Gasteiger charge is 2.07. The number of carbonyl (C=O) groups excluding carboxylic acids is 1. The van der Waals surface area contributed by atoms with Crippen LogP contribution >= 0.6 is 22.7 Å². The number of carbonyl (C=O) groups is 1. The molecule has 0 aromatic carbocycles. The average Bonchev–Trinajstić information content (AvgIpc) is 2.75. The first-order valence-electron chi connectivity index (χ1n) is 3.76. The molecule has 0 aliphatic heterocycles. The van der Waals surface area contributed by atoms with Crippen molar-refractivity contribution in [3.63, 3.8) is 0 Å². The first kappa shape index (κ1) is 8.59. The third-order valence-corrected chi connectivity index (χ3v) is 3.21. The van der Waals surface area contributed by atoms with Crippen LogP contribution in [-0.4, -0.2) is 10.8 Å². The molecule has 0 radical (unpaired) electrons. The average molecular weight is 209 g/mol. The van der Waals surface area contributed by atoms with Crippen LogP contribution < -0.4 is 0 Å². The third-order valence-electron chi connectivity index (χ3n) is 1.63. The normalized spacial score (nSPS) is 10.2. The molecule has 0 atom stereocenters. The third kappa shape index (κ3) is 1.68. The first-order chi connectivity index (χ1) is 6.27. The number of rotatable bonds is 2. The molecule has 0 fully saturated rings. The fraction of sp³-hybridized carbons (Fsp3) is 0.111. The Morgan fingerprint density at radius 2 is 2.31 bits per heavy atom. The van der Waals surface area contributed by atoms with E-state index in [0.717, 1.165) is 10.6 Å². The van der Waals surface area contributed by atoms with E-state index in [1.165, 1.54) is 18.3 Å². The minimum absolute atomic E-state index is 0.0257. The molecule has 0 unspecified atom stereocenters. The standard InChI is InChI=1S/C9H7NOS2/c1-6(11)8-5-13-9(10-8)7-2-3-12-4-7/h2-5H,1H3. The summed E-state index contributed by atoms with van der Waals surface area (Å²) in [4.78, 5) is 15.2. The molecule has 0 saturated heterocycles. The van der Waals surface area contributed by atoms with Crippen LogP contribution in [0.4, 0.5) is 0 Å². The maximum atomic E-state index is 11.0. The summed E-state index contributed by atoms with van der Waals surface area (Å²) in [5.74, 6) is 0.0257. The van der Waals surface area contributed by atoms with Gasteiger partial charge < -0.3 is 0 Å². The van der Waals surface area contributed by atoms with E-state index >= 15 is 0 Å². The van der Waals surface area contributed by atoms with Gasteiger partial charge in [-0.25, -0.2) is 4.98 Å². The van der Waals surface area contributed by atoms with Crippen LogP contribution in [0.15, 0.2) is 22.2 Å². The number of nitrogens with zero attached hydrogens (tertiary/aromatic N) is 1. The SMILES string of the molecule is CC(=O)c1csc(-c2ccsc2)n1. The second-order valence-electron chi connectivity index (χ2n) is 2.61. The molecule has 13 heavy (non-hydrogen) atoms. The second-order valence-corrected chi connectivity index (χ2v) is 4.24. The first-order valence-corrected chi connectivity index (χ1v) is 5.58. The Balaban J connectivity index is 2.39. The molecule has 0 spiro atoms. The van der Waals surface area contributed by atoms with Crippen molar-refractivity contribution in [1.29, 1.82) is 0 Å². The Morgan fingerprint density at radius 3 is 2.85 bits per heavy atom. The zero-order chi connectivity index (χ0) is 9.26. The van der Waals surface area contributed by atoms with Gasteiger partial charge in [0.2, 0.25) is 0 Å². The number of aromatic nitrogens is 1. The number of ketones is 1. The summed E-state index contributed by atoms with van der Waals surface area (Å²) in [6, 6.07) is 2.01. The Hall–Kier alpha value is -1.00. The number of hydrogen-bond donors (Lipinski definition) is 0. The van der Waals surface area contributed by atoms with E-state index in [9.17, 15) is 4.79 Å². The van der Waals surface area contributed by atoms with Gasteiger partial charge in [-0.1, -0.05) is 0 Å². The van der Waals surface area contributed by atoms with Crippen molar-refractivity contribution in [1.82, 2.24) is 4.98 Å². The van der Waals surface area contributed by atoms with Crippen molar-refractivity contribution >= 4 is 28.5 Å². The summed E-state index contributed by atoms with van der Waals surface area (Å²) in [7, 11) is 0. The fourth-order valence-electron chi connectivity index (χ4n) is 0.954. The second kappa shape index (κ2) is 3.40. The van der Waals surface area contributed by atoms with Gasteiger partial charge in [-0.15, -0.1) is 11.3 Å². The van der Waals surface area contributed by atoms with Gasteiger partial charge in [0.05, 0.1) is 0 Å². The summed E-state index contributed by atoms with van der Waals surface area (Å²) < 4.78 is 0. The van der Waals surface area contributed by atoms with Crippen LogP contribution in [0, 0.1) is 0 Å². The molecule has 0 amide bonds. The molecule has 2 aromatic heterocycles. The highest BCUT2D eigenvalue weighted by Crippen LogP contribution is 2.25. The van der Waals surface area contributed by atoms with E-state index in [1.807, 2.05) is 16.8 Å². The van der Waals surface area contributed by atoms with Crippen molar-refractivity contribution in [2.75, 3.05) is 0 Å². The molecular weight excluding hydrogens is 202 g/mol. The number of thiazole rings is 1. The molecule has 0 saturated carbocycles. The Morgan fingerprint density at radius 1 is 1.46 bits per heavy atom. The van der Waals surface area contributed by atoms with E-state index < -0.39 is 0 Å². The van der Waals surface area contributed by atoms with Crippen LogP contribution in [0.2, 0.25) is 0 Å². The van der Waals surface area contributed by atoms with Crippen molar-refractivity contribution in [2.24, 2.45) is 0 Å². The summed E-state index contributed by atoms with van der Waals surface area (Å²) in [6.07, 6.45) is 0. The molecule has 2 heterocycles. The predicted molar refractivity (Wildman–Crippen MR) is 55.4 cm³/mol. The number of Topliss-reactive ketones (excluding diaryl/α,β-unsaturated/α-hetero) is 1. The Bertz CT molecular complexity index is 417. The molecule has 0 aliphatic rings. The summed E-state index contributed by atoms with van der Waals surface area (Å²) in [5, 5.41) is 6.76. The van der Waals surface area contributed by atoms with Gasteiger partial charge in [0.25, 0.3) is 0 Å². The van der Waals surface area contributed by atoms with Crippen LogP contribution in [-0.2, 0) is 0 Å². The molecule has 4 heteroatoms. The van der Waals surface area contributed by atoms with Crippen molar-refractivity contribution in [2.45, 2.75) is 6.92 Å². The monoisotopic (exact) mass is 209 g/mol. The summed E-state index contributed by atoms with van der Waals surface area (Å²) in [6.45, 7) is 1.53. The van der Waals surface area contributed by atoms with Gasteiger partial charge in [0.1, 0.15) is 10.7 Å². The van der Waals surface area contributed by atoms with E-state index in [0.29, 0.717) is 5.69 Å². The summed E-state index contributed by atoms with van der Waals surface area (Å²) in [5.41, 5.74) is 1.66. The zero-order valence-electron chi connectivity index (χ0n) is 6.98. The molecule has 0 N–H and O–H groups in total. The molecule has 0 aliphatic carbocycles. The van der Waals surface area contributed by atoms with Gasteiger partial charge in [-0.3, -0.25) is 4.79 Å². The molecule has 2 nitrogen and oxygen atoms in total. The minimum atomic E-state index is 0.0257. The van der Waals surface area contributed by atoms with Gasteiger partial charge in [-0.05, 0) is 11.4 Å². The molecule has 2 aromatic rings. The van der Waals surface area contributed by atoms with E-state index in [1.54, 1.807) is 16.7 Å². The smallest absolute Gasteiger partial charge is 0.178 e. The van der Waals surface area contributed by atoms with E-state index in [4.69, 9.17) is 0 Å². The van der Waals surface area contributed by atoms with Crippen LogP contribution in [0.3, 0.4) is 0 Å². The highest BCUT2D eigenvalue weighted by molar-refractivity contribution is 7.14. The lowest BCUT2D eigenvalue weighted by Gasteiger charge is -1.86. The quantitative estimate of drug-likeness (QED) is 0.711. The maximum absolute atomic E-state index is 11.0. The topological polar surface area (TPSA) is 30.0 Å². The Kier molecular flexibility index (Phi) is 2.24. The fourth-order valence-corrected chi connectivity index (χ4v) is 2.53. The van der Waals surface area contributed by atoms with Crippen LogP contribution in [0.5, 0.6) is 0 Å². The molecule has 2 rings (SSSR count). The Labute approximate surface area is 83.9 Å².